The lowest BCUT2D eigenvalue weighted by atomic mass is 9.97. The molecule has 0 bridgehead atoms. The van der Waals surface area contributed by atoms with E-state index in [4.69, 9.17) is 5.73 Å². The van der Waals surface area contributed by atoms with E-state index in [-0.39, 0.29) is 0 Å². The number of aryl methyl sites for hydroxylation is 1. The number of nitrogens with two attached hydrogens (primary N) is 1. The molecular formula is C16H26N4O. The largest absolute Gasteiger partial charge is 0.364 e. The summed E-state index contributed by atoms with van der Waals surface area (Å²) in [6, 6.07) is 0. The van der Waals surface area contributed by atoms with E-state index in [0.717, 1.165) is 37.1 Å². The fourth-order valence-electron chi connectivity index (χ4n) is 3.08. The Kier molecular flexibility index (Phi) is 5.56. The molecule has 0 spiro atoms. The average Bonchev–Trinajstić information content (AvgIpc) is 3.12. The molecule has 1 aliphatic rings. The Morgan fingerprint density at radius 3 is 2.81 bits per heavy atom. The Balaban J connectivity index is 1.98. The van der Waals surface area contributed by atoms with Crippen LogP contribution in [0.3, 0.4) is 0 Å². The van der Waals surface area contributed by atoms with Crippen LogP contribution in [0.2, 0.25) is 0 Å². The van der Waals surface area contributed by atoms with Gasteiger partial charge < -0.3 is 10.6 Å². The van der Waals surface area contributed by atoms with E-state index in [2.05, 4.69) is 28.6 Å². The second-order valence-corrected chi connectivity index (χ2v) is 5.79. The molecule has 1 aromatic rings. The number of carbonyl (C=O) groups is 1. The molecule has 0 aromatic carbocycles. The number of nitrogens with one attached hydrogen (secondary N) is 1. The monoisotopic (exact) mass is 290 g/mol. The minimum atomic E-state index is -0.448. The number of primary amides is 1. The van der Waals surface area contributed by atoms with Gasteiger partial charge >= 0.3 is 0 Å². The fraction of sp³-hybridized carbons (Fsp3) is 0.625. The second-order valence-electron chi connectivity index (χ2n) is 5.79. The highest BCUT2D eigenvalue weighted by molar-refractivity contribution is 5.92. The quantitative estimate of drug-likeness (QED) is 0.718. The number of likely N-dealkylation sites (tertiary alicyclic amines) is 1. The number of amides is 1. The summed E-state index contributed by atoms with van der Waals surface area (Å²) in [5, 5.41) is 6.99. The molecule has 1 atom stereocenters. The Bertz CT molecular complexity index is 488. The maximum atomic E-state index is 11.5. The van der Waals surface area contributed by atoms with Crippen LogP contribution in [0.25, 0.3) is 0 Å². The lowest BCUT2D eigenvalue weighted by Crippen LogP contribution is -2.26. The Morgan fingerprint density at radius 2 is 2.24 bits per heavy atom. The summed E-state index contributed by atoms with van der Waals surface area (Å²) in [7, 11) is 0. The molecule has 1 aliphatic heterocycles. The van der Waals surface area contributed by atoms with Gasteiger partial charge in [0.25, 0.3) is 5.91 Å². The summed E-state index contributed by atoms with van der Waals surface area (Å²) in [5.41, 5.74) is 7.81. The summed E-state index contributed by atoms with van der Waals surface area (Å²) in [6.45, 7) is 9.47. The van der Waals surface area contributed by atoms with E-state index < -0.39 is 5.91 Å². The molecule has 0 saturated carbocycles. The van der Waals surface area contributed by atoms with Crippen molar-refractivity contribution in [3.05, 3.63) is 29.6 Å². The van der Waals surface area contributed by atoms with Gasteiger partial charge in [0.05, 0.1) is 0 Å². The van der Waals surface area contributed by atoms with Crippen LogP contribution in [0.1, 0.15) is 47.9 Å². The van der Waals surface area contributed by atoms with Gasteiger partial charge in [-0.2, -0.15) is 5.10 Å². The van der Waals surface area contributed by atoms with Gasteiger partial charge in [-0.1, -0.05) is 13.0 Å². The first-order valence-electron chi connectivity index (χ1n) is 7.86. The molecule has 5 heteroatoms. The normalized spacial score (nSPS) is 17.0. The molecule has 0 radical (unpaired) electrons. The summed E-state index contributed by atoms with van der Waals surface area (Å²) < 4.78 is 0. The molecule has 1 unspecified atom stereocenters. The molecule has 2 heterocycles. The second kappa shape index (κ2) is 7.41. The van der Waals surface area contributed by atoms with Gasteiger partial charge in [0.2, 0.25) is 0 Å². The Labute approximate surface area is 126 Å². The minimum absolute atomic E-state index is 0.399. The number of carbonyl (C=O) groups excluding carboxylic acids is 1. The van der Waals surface area contributed by atoms with Crippen LogP contribution in [0, 0.1) is 5.92 Å². The zero-order valence-corrected chi connectivity index (χ0v) is 12.9. The number of aromatic nitrogens is 2. The smallest absolute Gasteiger partial charge is 0.269 e. The SMILES string of the molecule is C=CC(CCc1c(C(N)=O)n[nH]c1CC)CN1CCCC1. The molecule has 0 aliphatic carbocycles. The summed E-state index contributed by atoms with van der Waals surface area (Å²) >= 11 is 0. The molecule has 21 heavy (non-hydrogen) atoms. The summed E-state index contributed by atoms with van der Waals surface area (Å²) in [4.78, 5) is 14.0. The van der Waals surface area contributed by atoms with Crippen LogP contribution in [-0.4, -0.2) is 40.6 Å². The highest BCUT2D eigenvalue weighted by Crippen LogP contribution is 2.19. The number of H-pyrrole nitrogens is 1. The van der Waals surface area contributed by atoms with E-state index in [1.54, 1.807) is 0 Å². The predicted molar refractivity (Wildman–Crippen MR) is 84.2 cm³/mol. The summed E-state index contributed by atoms with van der Waals surface area (Å²) in [6.07, 6.45) is 7.28. The standard InChI is InChI=1S/C16H26N4O/c1-3-12(11-20-9-5-6-10-20)7-8-13-14(4-2)18-19-15(13)16(17)21/h3,12H,1,4-11H2,2H3,(H2,17,21)(H,18,19). The number of hydrogen-bond acceptors (Lipinski definition) is 3. The molecule has 1 saturated heterocycles. The van der Waals surface area contributed by atoms with Crippen LogP contribution in [0.4, 0.5) is 0 Å². The van der Waals surface area contributed by atoms with Crippen molar-refractivity contribution in [1.29, 1.82) is 0 Å². The first-order chi connectivity index (χ1) is 10.2. The van der Waals surface area contributed by atoms with Crippen LogP contribution in [0.5, 0.6) is 0 Å². The van der Waals surface area contributed by atoms with Gasteiger partial charge in [-0.05, 0) is 51.1 Å². The van der Waals surface area contributed by atoms with Gasteiger partial charge in [-0.3, -0.25) is 9.89 Å². The first kappa shape index (κ1) is 15.8. The number of rotatable bonds is 8. The number of hydrogen-bond donors (Lipinski definition) is 2. The fourth-order valence-corrected chi connectivity index (χ4v) is 3.08. The van der Waals surface area contributed by atoms with E-state index in [1.165, 1.54) is 25.9 Å². The van der Waals surface area contributed by atoms with Gasteiger partial charge in [-0.25, -0.2) is 0 Å². The predicted octanol–water partition coefficient (Wildman–Crippen LogP) is 1.90. The maximum absolute atomic E-state index is 11.5. The minimum Gasteiger partial charge on any atom is -0.364 e. The Morgan fingerprint density at radius 1 is 1.52 bits per heavy atom. The Hall–Kier alpha value is -1.62. The molecule has 3 N–H and O–H groups in total. The van der Waals surface area contributed by atoms with Gasteiger partial charge in [0, 0.05) is 17.8 Å². The van der Waals surface area contributed by atoms with E-state index in [9.17, 15) is 4.79 Å². The van der Waals surface area contributed by atoms with Crippen LogP contribution in [-0.2, 0) is 12.8 Å². The van der Waals surface area contributed by atoms with Crippen LogP contribution in [0.15, 0.2) is 12.7 Å². The first-order valence-corrected chi connectivity index (χ1v) is 7.86. The van der Waals surface area contributed by atoms with Crippen molar-refractivity contribution < 1.29 is 4.79 Å². The van der Waals surface area contributed by atoms with Crippen molar-refractivity contribution in [3.63, 3.8) is 0 Å². The molecule has 2 rings (SSSR count). The zero-order valence-electron chi connectivity index (χ0n) is 12.9. The molecular weight excluding hydrogens is 264 g/mol. The van der Waals surface area contributed by atoms with Crippen molar-refractivity contribution in [2.75, 3.05) is 19.6 Å². The van der Waals surface area contributed by atoms with E-state index in [0.29, 0.717) is 11.6 Å². The lowest BCUT2D eigenvalue weighted by molar-refractivity contribution is 0.0994. The third-order valence-corrected chi connectivity index (χ3v) is 4.33. The van der Waals surface area contributed by atoms with E-state index in [1.807, 2.05) is 6.08 Å². The third-order valence-electron chi connectivity index (χ3n) is 4.33. The zero-order chi connectivity index (χ0) is 15.2. The number of nitrogens with zero attached hydrogens (tertiary/aromatic N) is 2. The highest BCUT2D eigenvalue weighted by atomic mass is 16.1. The molecule has 1 amide bonds. The van der Waals surface area contributed by atoms with Crippen molar-refractivity contribution in [2.24, 2.45) is 11.7 Å². The average molecular weight is 290 g/mol. The van der Waals surface area contributed by atoms with Crippen molar-refractivity contribution in [3.8, 4) is 0 Å². The van der Waals surface area contributed by atoms with Crippen molar-refractivity contribution in [2.45, 2.75) is 39.0 Å². The molecule has 1 fully saturated rings. The van der Waals surface area contributed by atoms with Gasteiger partial charge in [0.15, 0.2) is 5.69 Å². The third kappa shape index (κ3) is 3.94. The van der Waals surface area contributed by atoms with E-state index >= 15 is 0 Å². The lowest BCUT2D eigenvalue weighted by Gasteiger charge is -2.20. The molecule has 116 valence electrons. The van der Waals surface area contributed by atoms with Crippen LogP contribution >= 0.6 is 0 Å². The topological polar surface area (TPSA) is 75.0 Å². The summed E-state index contributed by atoms with van der Waals surface area (Å²) in [5.74, 6) is -0.000853. The molecule has 5 nitrogen and oxygen atoms in total. The van der Waals surface area contributed by atoms with Crippen LogP contribution < -0.4 is 5.73 Å². The molecule has 1 aromatic heterocycles. The van der Waals surface area contributed by atoms with Crippen molar-refractivity contribution in [1.82, 2.24) is 15.1 Å². The maximum Gasteiger partial charge on any atom is 0.269 e. The highest BCUT2D eigenvalue weighted by Gasteiger charge is 2.19. The van der Waals surface area contributed by atoms with Gasteiger partial charge in [-0.15, -0.1) is 6.58 Å². The number of aromatic amines is 1. The van der Waals surface area contributed by atoms with Gasteiger partial charge in [0.1, 0.15) is 0 Å². The van der Waals surface area contributed by atoms with Crippen molar-refractivity contribution >= 4 is 5.91 Å².